The van der Waals surface area contributed by atoms with Gasteiger partial charge in [-0.2, -0.15) is 0 Å². The highest BCUT2D eigenvalue weighted by Crippen LogP contribution is 2.19. The van der Waals surface area contributed by atoms with Crippen LogP contribution in [0.5, 0.6) is 0 Å². The fourth-order valence-corrected chi connectivity index (χ4v) is 2.77. The van der Waals surface area contributed by atoms with E-state index < -0.39 is 0 Å². The van der Waals surface area contributed by atoms with Gasteiger partial charge in [-0.3, -0.25) is 19.4 Å². The average Bonchev–Trinajstić information content (AvgIpc) is 2.67. The summed E-state index contributed by atoms with van der Waals surface area (Å²) in [5, 5.41) is 2.69. The molecule has 3 amide bonds. The van der Waals surface area contributed by atoms with Crippen molar-refractivity contribution in [2.45, 2.75) is 26.7 Å². The number of rotatable bonds is 8. The summed E-state index contributed by atoms with van der Waals surface area (Å²) in [4.78, 5) is 42.8. The maximum atomic E-state index is 12.4. The van der Waals surface area contributed by atoms with Crippen molar-refractivity contribution in [1.82, 2.24) is 9.88 Å². The van der Waals surface area contributed by atoms with E-state index in [1.807, 2.05) is 12.1 Å². The number of nitrogens with one attached hydrogen (secondary N) is 1. The smallest absolute Gasteiger partial charge is 0.224 e. The number of nitrogens with zero attached hydrogens (tertiary/aromatic N) is 3. The molecule has 0 atom stereocenters. The molecule has 7 nitrogen and oxygen atoms in total. The van der Waals surface area contributed by atoms with Crippen LogP contribution >= 0.6 is 0 Å². The van der Waals surface area contributed by atoms with Crippen molar-refractivity contribution in [3.8, 4) is 0 Å². The maximum absolute atomic E-state index is 12.4. The van der Waals surface area contributed by atoms with E-state index in [1.165, 1.54) is 13.8 Å². The first-order valence-electron chi connectivity index (χ1n) is 9.15. The zero-order chi connectivity index (χ0) is 20.5. The second kappa shape index (κ2) is 10.2. The quantitative estimate of drug-likeness (QED) is 0.760. The fraction of sp³-hybridized carbons (Fsp3) is 0.333. The molecule has 0 aliphatic heterocycles. The first-order valence-corrected chi connectivity index (χ1v) is 9.15. The summed E-state index contributed by atoms with van der Waals surface area (Å²) in [6.07, 6.45) is 4.46. The van der Waals surface area contributed by atoms with Crippen molar-refractivity contribution in [2.75, 3.05) is 30.4 Å². The Bertz CT molecular complexity index is 806. The van der Waals surface area contributed by atoms with Crippen LogP contribution in [-0.2, 0) is 20.8 Å². The van der Waals surface area contributed by atoms with Gasteiger partial charge < -0.3 is 15.1 Å². The number of carbonyl (C=O) groups excluding carboxylic acids is 3. The molecule has 0 unspecified atom stereocenters. The predicted octanol–water partition coefficient (Wildman–Crippen LogP) is 2.48. The lowest BCUT2D eigenvalue weighted by molar-refractivity contribution is -0.129. The molecule has 1 aromatic heterocycles. The van der Waals surface area contributed by atoms with E-state index in [1.54, 1.807) is 53.5 Å². The lowest BCUT2D eigenvalue weighted by Crippen LogP contribution is -2.35. The number of amides is 3. The summed E-state index contributed by atoms with van der Waals surface area (Å²) < 4.78 is 0. The van der Waals surface area contributed by atoms with Gasteiger partial charge in [0.05, 0.1) is 0 Å². The Morgan fingerprint density at radius 2 is 1.61 bits per heavy atom. The average molecular weight is 382 g/mol. The van der Waals surface area contributed by atoms with Crippen LogP contribution in [0.4, 0.5) is 11.4 Å². The largest absolute Gasteiger partial charge is 0.345 e. The summed E-state index contributed by atoms with van der Waals surface area (Å²) >= 11 is 0. The van der Waals surface area contributed by atoms with Gasteiger partial charge in [0.2, 0.25) is 17.7 Å². The van der Waals surface area contributed by atoms with E-state index >= 15 is 0 Å². The second-order valence-electron chi connectivity index (χ2n) is 6.57. The third-order valence-electron chi connectivity index (χ3n) is 4.34. The molecule has 0 fully saturated rings. The van der Waals surface area contributed by atoms with Crippen molar-refractivity contribution in [1.29, 1.82) is 0 Å². The van der Waals surface area contributed by atoms with Gasteiger partial charge in [0.15, 0.2) is 0 Å². The molecule has 1 heterocycles. The zero-order valence-corrected chi connectivity index (χ0v) is 16.5. The molecular weight excluding hydrogens is 356 g/mol. The number of likely N-dealkylation sites (N-methyl/N-ethyl adjacent to an activating group) is 1. The van der Waals surface area contributed by atoms with Gasteiger partial charge in [0.1, 0.15) is 0 Å². The van der Waals surface area contributed by atoms with Gasteiger partial charge in [-0.1, -0.05) is 0 Å². The van der Waals surface area contributed by atoms with Gasteiger partial charge in [-0.15, -0.1) is 0 Å². The van der Waals surface area contributed by atoms with Crippen molar-refractivity contribution < 1.29 is 14.4 Å². The third kappa shape index (κ3) is 6.50. The third-order valence-corrected chi connectivity index (χ3v) is 4.34. The highest BCUT2D eigenvalue weighted by atomic mass is 16.2. The van der Waals surface area contributed by atoms with Gasteiger partial charge in [0.25, 0.3) is 0 Å². The molecule has 2 aromatic rings. The van der Waals surface area contributed by atoms with Crippen LogP contribution in [0, 0.1) is 0 Å². The van der Waals surface area contributed by atoms with Crippen LogP contribution in [0.15, 0.2) is 48.8 Å². The molecule has 1 N–H and O–H groups in total. The lowest BCUT2D eigenvalue weighted by Gasteiger charge is -2.23. The normalized spacial score (nSPS) is 10.2. The minimum Gasteiger partial charge on any atom is -0.345 e. The molecule has 0 radical (unpaired) electrons. The predicted molar refractivity (Wildman–Crippen MR) is 109 cm³/mol. The first-order chi connectivity index (χ1) is 13.4. The van der Waals surface area contributed by atoms with Crippen molar-refractivity contribution in [2.24, 2.45) is 0 Å². The summed E-state index contributed by atoms with van der Waals surface area (Å²) in [6.45, 7) is 3.81. The first kappa shape index (κ1) is 21.1. The SMILES string of the molecule is CC(=O)Nc1ccc(N(CCC(=O)N(C)CCc2ccncc2)C(C)=O)cc1. The van der Waals surface area contributed by atoms with Crippen LogP contribution in [0.3, 0.4) is 0 Å². The highest BCUT2D eigenvalue weighted by Gasteiger charge is 2.15. The Morgan fingerprint density at radius 3 is 2.18 bits per heavy atom. The topological polar surface area (TPSA) is 82.6 Å². The van der Waals surface area contributed by atoms with E-state index in [2.05, 4.69) is 10.3 Å². The van der Waals surface area contributed by atoms with E-state index in [0.29, 0.717) is 24.5 Å². The minimum absolute atomic E-state index is 0.0184. The molecule has 0 aliphatic carbocycles. The molecule has 148 valence electrons. The molecule has 1 aromatic carbocycles. The van der Waals surface area contributed by atoms with E-state index in [9.17, 15) is 14.4 Å². The van der Waals surface area contributed by atoms with Gasteiger partial charge >= 0.3 is 0 Å². The number of anilines is 2. The second-order valence-corrected chi connectivity index (χ2v) is 6.57. The van der Waals surface area contributed by atoms with Crippen LogP contribution in [0.2, 0.25) is 0 Å². The Balaban J connectivity index is 1.90. The van der Waals surface area contributed by atoms with Crippen LogP contribution in [0.25, 0.3) is 0 Å². The minimum atomic E-state index is -0.156. The fourth-order valence-electron chi connectivity index (χ4n) is 2.77. The molecule has 0 spiro atoms. The molecule has 0 bridgehead atoms. The van der Waals surface area contributed by atoms with Gasteiger partial charge in [-0.25, -0.2) is 0 Å². The molecule has 0 saturated carbocycles. The molecule has 0 aliphatic rings. The number of hydrogen-bond acceptors (Lipinski definition) is 4. The van der Waals surface area contributed by atoms with Crippen molar-refractivity contribution in [3.63, 3.8) is 0 Å². The summed E-state index contributed by atoms with van der Waals surface area (Å²) in [5.41, 5.74) is 2.47. The van der Waals surface area contributed by atoms with Crippen LogP contribution in [0.1, 0.15) is 25.8 Å². The Kier molecular flexibility index (Phi) is 7.68. The standard InChI is InChI=1S/C21H26N4O3/c1-16(26)23-19-4-6-20(7-5-19)25(17(2)27)15-11-21(28)24(3)14-10-18-8-12-22-13-9-18/h4-9,12-13H,10-11,14-15H2,1-3H3,(H,23,26). The molecule has 28 heavy (non-hydrogen) atoms. The molecule has 2 rings (SSSR count). The molecule has 7 heteroatoms. The number of pyridine rings is 1. The van der Waals surface area contributed by atoms with E-state index in [4.69, 9.17) is 0 Å². The summed E-state index contributed by atoms with van der Waals surface area (Å²) in [6, 6.07) is 10.8. The Hall–Kier alpha value is -3.22. The number of carbonyl (C=O) groups is 3. The Labute approximate surface area is 165 Å². The number of hydrogen-bond donors (Lipinski definition) is 1. The maximum Gasteiger partial charge on any atom is 0.224 e. The lowest BCUT2D eigenvalue weighted by atomic mass is 10.2. The van der Waals surface area contributed by atoms with E-state index in [0.717, 1.165) is 12.0 Å². The number of benzene rings is 1. The summed E-state index contributed by atoms with van der Waals surface area (Å²) in [5.74, 6) is -0.314. The summed E-state index contributed by atoms with van der Waals surface area (Å²) in [7, 11) is 1.77. The van der Waals surface area contributed by atoms with Crippen LogP contribution in [-0.4, -0.2) is 47.7 Å². The number of aromatic nitrogens is 1. The van der Waals surface area contributed by atoms with E-state index in [-0.39, 0.29) is 24.1 Å². The van der Waals surface area contributed by atoms with Gasteiger partial charge in [-0.05, 0) is 48.4 Å². The zero-order valence-electron chi connectivity index (χ0n) is 16.5. The Morgan fingerprint density at radius 1 is 0.964 bits per heavy atom. The van der Waals surface area contributed by atoms with Crippen molar-refractivity contribution >= 4 is 29.1 Å². The highest BCUT2D eigenvalue weighted by molar-refractivity contribution is 5.93. The molecular formula is C21H26N4O3. The molecule has 0 saturated heterocycles. The monoisotopic (exact) mass is 382 g/mol. The van der Waals surface area contributed by atoms with Crippen molar-refractivity contribution in [3.05, 3.63) is 54.4 Å². The van der Waals surface area contributed by atoms with Crippen LogP contribution < -0.4 is 10.2 Å². The van der Waals surface area contributed by atoms with Gasteiger partial charge in [0, 0.05) is 64.2 Å².